The lowest BCUT2D eigenvalue weighted by atomic mass is 9.81. The third-order valence-electron chi connectivity index (χ3n) is 3.92. The van der Waals surface area contributed by atoms with Crippen LogP contribution in [0.25, 0.3) is 0 Å². The summed E-state index contributed by atoms with van der Waals surface area (Å²) in [5, 5.41) is 9.52. The van der Waals surface area contributed by atoms with Crippen LogP contribution in [0.5, 0.6) is 0 Å². The van der Waals surface area contributed by atoms with Gasteiger partial charge in [-0.3, -0.25) is 0 Å². The van der Waals surface area contributed by atoms with Gasteiger partial charge in [0.15, 0.2) is 0 Å². The predicted octanol–water partition coefficient (Wildman–Crippen LogP) is 2.83. The van der Waals surface area contributed by atoms with Gasteiger partial charge < -0.3 is 5.11 Å². The van der Waals surface area contributed by atoms with E-state index in [2.05, 4.69) is 36.4 Å². The molecular formula is C14H16O. The molecule has 0 heterocycles. The molecule has 1 nitrogen and oxygen atoms in total. The number of hydrogen-bond acceptors (Lipinski definition) is 1. The van der Waals surface area contributed by atoms with Gasteiger partial charge in [-0.2, -0.15) is 0 Å². The fourth-order valence-electron chi connectivity index (χ4n) is 3.25. The van der Waals surface area contributed by atoms with Crippen LogP contribution in [0.2, 0.25) is 0 Å². The first-order chi connectivity index (χ1) is 7.42. The molecule has 2 aliphatic carbocycles. The zero-order valence-electron chi connectivity index (χ0n) is 8.76. The first-order valence-electron chi connectivity index (χ1n) is 5.78. The van der Waals surface area contributed by atoms with Gasteiger partial charge in [-0.1, -0.05) is 36.4 Å². The third-order valence-corrected chi connectivity index (χ3v) is 3.92. The van der Waals surface area contributed by atoms with Gasteiger partial charge in [0.05, 0.1) is 6.61 Å². The number of aliphatic hydroxyl groups is 1. The van der Waals surface area contributed by atoms with Crippen LogP contribution in [0, 0.1) is 5.92 Å². The second-order valence-corrected chi connectivity index (χ2v) is 4.61. The van der Waals surface area contributed by atoms with Crippen LogP contribution in [-0.2, 0) is 0 Å². The molecule has 0 radical (unpaired) electrons. The van der Waals surface area contributed by atoms with Gasteiger partial charge in [0.25, 0.3) is 0 Å². The molecule has 0 bridgehead atoms. The predicted molar refractivity (Wildman–Crippen MR) is 60.9 cm³/mol. The molecule has 78 valence electrons. The van der Waals surface area contributed by atoms with Crippen molar-refractivity contribution in [2.24, 2.45) is 5.92 Å². The van der Waals surface area contributed by atoms with E-state index in [-0.39, 0.29) is 6.61 Å². The van der Waals surface area contributed by atoms with Crippen LogP contribution < -0.4 is 0 Å². The monoisotopic (exact) mass is 200 g/mol. The molecule has 0 saturated heterocycles. The Bertz CT molecular complexity index is 379. The van der Waals surface area contributed by atoms with Crippen molar-refractivity contribution in [3.63, 3.8) is 0 Å². The largest absolute Gasteiger partial charge is 0.396 e. The Morgan fingerprint density at radius 1 is 1.20 bits per heavy atom. The summed E-state index contributed by atoms with van der Waals surface area (Å²) in [6.45, 7) is 0.280. The summed E-state index contributed by atoms with van der Waals surface area (Å²) >= 11 is 0. The molecule has 1 aromatic rings. The minimum Gasteiger partial charge on any atom is -0.396 e. The molecular weight excluding hydrogens is 184 g/mol. The van der Waals surface area contributed by atoms with E-state index in [1.807, 2.05) is 0 Å². The first kappa shape index (κ1) is 9.17. The van der Waals surface area contributed by atoms with E-state index in [1.165, 1.54) is 24.0 Å². The molecule has 0 aliphatic heterocycles. The zero-order valence-corrected chi connectivity index (χ0v) is 8.76. The molecule has 1 heteroatoms. The third kappa shape index (κ3) is 1.26. The highest BCUT2D eigenvalue weighted by Gasteiger charge is 2.38. The van der Waals surface area contributed by atoms with Crippen LogP contribution in [0.1, 0.15) is 35.8 Å². The molecule has 0 aromatic heterocycles. The van der Waals surface area contributed by atoms with Crippen molar-refractivity contribution >= 4 is 0 Å². The Hall–Kier alpha value is -1.08. The topological polar surface area (TPSA) is 20.2 Å². The van der Waals surface area contributed by atoms with E-state index in [0.29, 0.717) is 17.8 Å². The second-order valence-electron chi connectivity index (χ2n) is 4.61. The fraction of sp³-hybridized carbons (Fsp3) is 0.429. The Balaban J connectivity index is 2.10. The summed E-state index contributed by atoms with van der Waals surface area (Å²) in [7, 11) is 0. The molecule has 0 saturated carbocycles. The van der Waals surface area contributed by atoms with Crippen LogP contribution in [0.15, 0.2) is 36.4 Å². The quantitative estimate of drug-likeness (QED) is 0.691. The molecule has 1 aromatic carbocycles. The standard InChI is InChI=1S/C14H16O/c15-9-14-12-7-3-1-5-10(12)11-6-2-4-8-13(11)14/h1,3-5,7-8,11,13-15H,2,6,9H2. The highest BCUT2D eigenvalue weighted by molar-refractivity contribution is 5.42. The number of rotatable bonds is 1. The number of hydrogen-bond donors (Lipinski definition) is 1. The summed E-state index contributed by atoms with van der Waals surface area (Å²) < 4.78 is 0. The molecule has 3 rings (SSSR count). The van der Waals surface area contributed by atoms with Crippen molar-refractivity contribution in [2.75, 3.05) is 6.61 Å². The van der Waals surface area contributed by atoms with Crippen molar-refractivity contribution in [3.05, 3.63) is 47.5 Å². The molecule has 15 heavy (non-hydrogen) atoms. The molecule has 1 N–H and O–H groups in total. The summed E-state index contributed by atoms with van der Waals surface area (Å²) in [6.07, 6.45) is 7.02. The van der Waals surface area contributed by atoms with Gasteiger partial charge in [-0.25, -0.2) is 0 Å². The summed E-state index contributed by atoms with van der Waals surface area (Å²) in [4.78, 5) is 0. The zero-order chi connectivity index (χ0) is 10.3. The molecule has 0 spiro atoms. The lowest BCUT2D eigenvalue weighted by Crippen LogP contribution is -2.15. The van der Waals surface area contributed by atoms with Crippen molar-refractivity contribution in [1.29, 1.82) is 0 Å². The Morgan fingerprint density at radius 2 is 2.00 bits per heavy atom. The van der Waals surface area contributed by atoms with E-state index in [9.17, 15) is 5.11 Å². The molecule has 2 aliphatic rings. The van der Waals surface area contributed by atoms with E-state index >= 15 is 0 Å². The number of fused-ring (bicyclic) bond motifs is 3. The van der Waals surface area contributed by atoms with E-state index in [1.54, 1.807) is 0 Å². The fourth-order valence-corrected chi connectivity index (χ4v) is 3.25. The Labute approximate surface area is 90.4 Å². The van der Waals surface area contributed by atoms with E-state index in [4.69, 9.17) is 0 Å². The van der Waals surface area contributed by atoms with Crippen LogP contribution in [0.3, 0.4) is 0 Å². The maximum absolute atomic E-state index is 9.52. The smallest absolute Gasteiger partial charge is 0.0505 e. The van der Waals surface area contributed by atoms with Gasteiger partial charge in [-0.05, 0) is 35.8 Å². The maximum Gasteiger partial charge on any atom is 0.0505 e. The van der Waals surface area contributed by atoms with Crippen molar-refractivity contribution in [3.8, 4) is 0 Å². The Kier molecular flexibility index (Phi) is 2.14. The van der Waals surface area contributed by atoms with E-state index in [0.717, 1.165) is 0 Å². The lowest BCUT2D eigenvalue weighted by molar-refractivity contribution is 0.237. The molecule has 0 amide bonds. The molecule has 3 unspecified atom stereocenters. The van der Waals surface area contributed by atoms with Crippen LogP contribution in [-0.4, -0.2) is 11.7 Å². The average Bonchev–Trinajstić information content (AvgIpc) is 2.63. The summed E-state index contributed by atoms with van der Waals surface area (Å²) in [5.74, 6) is 1.53. The highest BCUT2D eigenvalue weighted by Crippen LogP contribution is 2.50. The van der Waals surface area contributed by atoms with Gasteiger partial charge >= 0.3 is 0 Å². The number of allylic oxidation sites excluding steroid dienone is 2. The summed E-state index contributed by atoms with van der Waals surface area (Å²) in [6, 6.07) is 8.63. The minimum atomic E-state index is 0.280. The SMILES string of the molecule is OCC1c2ccccc2C2CCC=CC12. The minimum absolute atomic E-state index is 0.280. The van der Waals surface area contributed by atoms with Crippen LogP contribution in [0.4, 0.5) is 0 Å². The van der Waals surface area contributed by atoms with E-state index < -0.39 is 0 Å². The molecule has 0 fully saturated rings. The Morgan fingerprint density at radius 3 is 2.80 bits per heavy atom. The first-order valence-corrected chi connectivity index (χ1v) is 5.78. The highest BCUT2D eigenvalue weighted by atomic mass is 16.3. The number of aliphatic hydroxyl groups excluding tert-OH is 1. The van der Waals surface area contributed by atoms with Crippen molar-refractivity contribution < 1.29 is 5.11 Å². The van der Waals surface area contributed by atoms with Gasteiger partial charge in [0, 0.05) is 5.92 Å². The van der Waals surface area contributed by atoms with Gasteiger partial charge in [0.1, 0.15) is 0 Å². The van der Waals surface area contributed by atoms with Crippen LogP contribution >= 0.6 is 0 Å². The number of benzene rings is 1. The maximum atomic E-state index is 9.52. The van der Waals surface area contributed by atoms with Gasteiger partial charge in [-0.15, -0.1) is 0 Å². The van der Waals surface area contributed by atoms with Crippen molar-refractivity contribution in [2.45, 2.75) is 24.7 Å². The van der Waals surface area contributed by atoms with Gasteiger partial charge in [0.2, 0.25) is 0 Å². The molecule has 3 atom stereocenters. The summed E-state index contributed by atoms with van der Waals surface area (Å²) in [5.41, 5.74) is 2.85. The normalized spacial score (nSPS) is 32.5. The second kappa shape index (κ2) is 3.49. The lowest BCUT2D eigenvalue weighted by Gasteiger charge is -2.24. The average molecular weight is 200 g/mol. The van der Waals surface area contributed by atoms with Crippen molar-refractivity contribution in [1.82, 2.24) is 0 Å².